The summed E-state index contributed by atoms with van der Waals surface area (Å²) in [6.07, 6.45) is 0. The molecule has 0 unspecified atom stereocenters. The van der Waals surface area contributed by atoms with Gasteiger partial charge in [-0.05, 0) is 41.6 Å². The summed E-state index contributed by atoms with van der Waals surface area (Å²) in [4.78, 5) is 4.76. The van der Waals surface area contributed by atoms with Crippen molar-refractivity contribution in [3.8, 4) is 27.8 Å². The first-order valence-corrected chi connectivity index (χ1v) is 10.7. The van der Waals surface area contributed by atoms with Crippen LogP contribution in [0, 0.1) is 6.92 Å². The number of nitrogens with zero attached hydrogens (tertiary/aromatic N) is 5. The van der Waals surface area contributed by atoms with Crippen molar-refractivity contribution in [3.05, 3.63) is 59.1 Å². The third kappa shape index (κ3) is 4.25. The number of tetrazole rings is 1. The van der Waals surface area contributed by atoms with Gasteiger partial charge in [0.05, 0.1) is 31.2 Å². The predicted octanol–water partition coefficient (Wildman–Crippen LogP) is 4.40. The molecule has 0 N–H and O–H groups in total. The zero-order valence-corrected chi connectivity index (χ0v) is 17.8. The first kappa shape index (κ1) is 19.4. The SMILES string of the molecule is COc1ccc(-c2nc(CSc3nnnn3-c3ccc(C)cc3)cs2)c(OC)c1. The molecule has 2 heterocycles. The first-order valence-electron chi connectivity index (χ1n) is 8.83. The van der Waals surface area contributed by atoms with Crippen LogP contribution in [0.25, 0.3) is 16.3 Å². The Kier molecular flexibility index (Phi) is 5.77. The lowest BCUT2D eigenvalue weighted by Crippen LogP contribution is -1.99. The third-order valence-electron chi connectivity index (χ3n) is 4.26. The van der Waals surface area contributed by atoms with Gasteiger partial charge in [-0.3, -0.25) is 0 Å². The molecule has 0 fully saturated rings. The Morgan fingerprint density at radius 3 is 2.66 bits per heavy atom. The van der Waals surface area contributed by atoms with Gasteiger partial charge in [-0.25, -0.2) is 4.98 Å². The van der Waals surface area contributed by atoms with Crippen molar-refractivity contribution < 1.29 is 9.47 Å². The lowest BCUT2D eigenvalue weighted by Gasteiger charge is -2.08. The van der Waals surface area contributed by atoms with E-state index in [0.717, 1.165) is 38.6 Å². The monoisotopic (exact) mass is 425 g/mol. The van der Waals surface area contributed by atoms with E-state index in [0.29, 0.717) is 5.75 Å². The fourth-order valence-electron chi connectivity index (χ4n) is 2.73. The van der Waals surface area contributed by atoms with E-state index in [9.17, 15) is 0 Å². The standard InChI is InChI=1S/C20H19N5O2S2/c1-13-4-6-15(7-5-13)25-20(22-23-24-25)29-12-14-11-28-19(21-14)17-9-8-16(26-2)10-18(17)27-3/h4-11H,12H2,1-3H3. The lowest BCUT2D eigenvalue weighted by atomic mass is 10.2. The predicted molar refractivity (Wildman–Crippen MR) is 114 cm³/mol. The van der Waals surface area contributed by atoms with Gasteiger partial charge >= 0.3 is 0 Å². The van der Waals surface area contributed by atoms with Gasteiger partial charge in [0.25, 0.3) is 0 Å². The van der Waals surface area contributed by atoms with Crippen LogP contribution in [0.1, 0.15) is 11.3 Å². The van der Waals surface area contributed by atoms with Crippen LogP contribution in [0.15, 0.2) is 53.0 Å². The zero-order chi connectivity index (χ0) is 20.2. The van der Waals surface area contributed by atoms with Gasteiger partial charge in [-0.2, -0.15) is 4.68 Å². The van der Waals surface area contributed by atoms with Crippen LogP contribution in [0.2, 0.25) is 0 Å². The number of aryl methyl sites for hydroxylation is 1. The van der Waals surface area contributed by atoms with Crippen molar-refractivity contribution in [3.63, 3.8) is 0 Å². The number of hydrogen-bond donors (Lipinski definition) is 0. The molecule has 0 amide bonds. The van der Waals surface area contributed by atoms with Crippen LogP contribution in [0.4, 0.5) is 0 Å². The van der Waals surface area contributed by atoms with Crippen LogP contribution >= 0.6 is 23.1 Å². The van der Waals surface area contributed by atoms with Gasteiger partial charge in [0.15, 0.2) is 0 Å². The summed E-state index contributed by atoms with van der Waals surface area (Å²) < 4.78 is 12.5. The quantitative estimate of drug-likeness (QED) is 0.406. The first-order chi connectivity index (χ1) is 14.2. The highest BCUT2D eigenvalue weighted by Crippen LogP contribution is 2.35. The molecule has 0 saturated carbocycles. The molecule has 0 atom stereocenters. The molecule has 0 aliphatic heterocycles. The number of ether oxygens (including phenoxy) is 2. The van der Waals surface area contributed by atoms with Crippen molar-refractivity contribution in [2.75, 3.05) is 14.2 Å². The van der Waals surface area contributed by atoms with Gasteiger partial charge in [0, 0.05) is 17.2 Å². The second kappa shape index (κ2) is 8.62. The summed E-state index contributed by atoms with van der Waals surface area (Å²) in [6.45, 7) is 2.05. The molecule has 29 heavy (non-hydrogen) atoms. The fourth-order valence-corrected chi connectivity index (χ4v) is 4.47. The van der Waals surface area contributed by atoms with E-state index < -0.39 is 0 Å². The van der Waals surface area contributed by atoms with Crippen molar-refractivity contribution in [1.82, 2.24) is 25.2 Å². The van der Waals surface area contributed by atoms with E-state index in [2.05, 4.69) is 22.4 Å². The van der Waals surface area contributed by atoms with Crippen LogP contribution in [0.3, 0.4) is 0 Å². The normalized spacial score (nSPS) is 10.9. The van der Waals surface area contributed by atoms with Gasteiger partial charge in [-0.1, -0.05) is 29.5 Å². The van der Waals surface area contributed by atoms with E-state index in [1.54, 1.807) is 42.0 Å². The minimum atomic E-state index is 0.668. The number of thiazole rings is 1. The Morgan fingerprint density at radius 1 is 1.07 bits per heavy atom. The van der Waals surface area contributed by atoms with Gasteiger partial charge in [0.2, 0.25) is 5.16 Å². The van der Waals surface area contributed by atoms with Crippen LogP contribution in [-0.2, 0) is 5.75 Å². The number of benzene rings is 2. The highest BCUT2D eigenvalue weighted by atomic mass is 32.2. The molecule has 0 aliphatic carbocycles. The second-order valence-corrected chi connectivity index (χ2v) is 8.01. The minimum Gasteiger partial charge on any atom is -0.497 e. The largest absolute Gasteiger partial charge is 0.497 e. The number of aromatic nitrogens is 5. The molecule has 2 aromatic carbocycles. The summed E-state index contributed by atoms with van der Waals surface area (Å²) in [5.74, 6) is 2.16. The van der Waals surface area contributed by atoms with Gasteiger partial charge in [0.1, 0.15) is 16.5 Å². The Bertz CT molecular complexity index is 1110. The molecule has 4 rings (SSSR count). The molecule has 2 aromatic heterocycles. The zero-order valence-electron chi connectivity index (χ0n) is 16.2. The van der Waals surface area contributed by atoms with Crippen LogP contribution in [-0.4, -0.2) is 39.4 Å². The molecular weight excluding hydrogens is 406 g/mol. The maximum atomic E-state index is 5.50. The average molecular weight is 426 g/mol. The van der Waals surface area contributed by atoms with Crippen molar-refractivity contribution in [2.24, 2.45) is 0 Å². The Hall–Kier alpha value is -2.91. The molecule has 148 valence electrons. The van der Waals surface area contributed by atoms with E-state index in [4.69, 9.17) is 14.5 Å². The van der Waals surface area contributed by atoms with Gasteiger partial charge < -0.3 is 9.47 Å². The molecular formula is C20H19N5O2S2. The summed E-state index contributed by atoms with van der Waals surface area (Å²) >= 11 is 3.13. The highest BCUT2D eigenvalue weighted by molar-refractivity contribution is 7.98. The Morgan fingerprint density at radius 2 is 1.90 bits per heavy atom. The maximum absolute atomic E-state index is 5.50. The number of rotatable bonds is 7. The Labute approximate surface area is 176 Å². The fraction of sp³-hybridized carbons (Fsp3) is 0.200. The molecule has 0 saturated heterocycles. The number of thioether (sulfide) groups is 1. The van der Waals surface area contributed by atoms with E-state index in [1.807, 2.05) is 47.8 Å². The summed E-state index contributed by atoms with van der Waals surface area (Å²) in [7, 11) is 3.28. The average Bonchev–Trinajstić information content (AvgIpc) is 3.42. The van der Waals surface area contributed by atoms with Crippen molar-refractivity contribution in [2.45, 2.75) is 17.8 Å². The van der Waals surface area contributed by atoms with Crippen LogP contribution < -0.4 is 9.47 Å². The lowest BCUT2D eigenvalue weighted by molar-refractivity contribution is 0.395. The van der Waals surface area contributed by atoms with Crippen molar-refractivity contribution in [1.29, 1.82) is 0 Å². The number of hydrogen-bond acceptors (Lipinski definition) is 8. The van der Waals surface area contributed by atoms with Gasteiger partial charge in [-0.15, -0.1) is 16.4 Å². The molecule has 0 aliphatic rings. The summed E-state index contributed by atoms with van der Waals surface area (Å²) in [5.41, 5.74) is 4.04. The van der Waals surface area contributed by atoms with Crippen LogP contribution in [0.5, 0.6) is 11.5 Å². The molecule has 7 nitrogen and oxygen atoms in total. The molecule has 0 bridgehead atoms. The third-order valence-corrected chi connectivity index (χ3v) is 6.14. The van der Waals surface area contributed by atoms with Crippen molar-refractivity contribution >= 4 is 23.1 Å². The topological polar surface area (TPSA) is 75.0 Å². The molecule has 0 radical (unpaired) electrons. The number of methoxy groups -OCH3 is 2. The maximum Gasteiger partial charge on any atom is 0.214 e. The second-order valence-electron chi connectivity index (χ2n) is 6.21. The smallest absolute Gasteiger partial charge is 0.214 e. The summed E-state index contributed by atoms with van der Waals surface area (Å²) in [6, 6.07) is 13.8. The van der Waals surface area contributed by atoms with E-state index >= 15 is 0 Å². The van der Waals surface area contributed by atoms with E-state index in [-0.39, 0.29) is 0 Å². The summed E-state index contributed by atoms with van der Waals surface area (Å²) in [5, 5.41) is 15.8. The minimum absolute atomic E-state index is 0.668. The molecule has 0 spiro atoms. The molecule has 9 heteroatoms. The Balaban J connectivity index is 1.50. The van der Waals surface area contributed by atoms with E-state index in [1.165, 1.54) is 5.56 Å². The highest BCUT2D eigenvalue weighted by Gasteiger charge is 2.14. The molecule has 4 aromatic rings.